The maximum Gasteiger partial charge on any atom is 0.191 e. The van der Waals surface area contributed by atoms with E-state index in [-0.39, 0.29) is 24.0 Å². The summed E-state index contributed by atoms with van der Waals surface area (Å²) in [6, 6.07) is 0.605. The molecule has 2 N–H and O–H groups in total. The highest BCUT2D eigenvalue weighted by atomic mass is 127. The van der Waals surface area contributed by atoms with E-state index in [2.05, 4.69) is 37.6 Å². The fraction of sp³-hybridized carbons (Fsp3) is 0.786. The van der Waals surface area contributed by atoms with E-state index in [0.29, 0.717) is 12.6 Å². The number of aliphatic imine (C=N–C) groups is 1. The third-order valence-electron chi connectivity index (χ3n) is 4.00. The van der Waals surface area contributed by atoms with Gasteiger partial charge in [-0.2, -0.15) is 11.8 Å². The Morgan fingerprint density at radius 1 is 1.36 bits per heavy atom. The fourth-order valence-electron chi connectivity index (χ4n) is 2.33. The summed E-state index contributed by atoms with van der Waals surface area (Å²) in [5.74, 6) is 4.05. The SMILES string of the molecule is Cc1nnc(CN=C(NCC2CCCS2)NC2CC2)n1C.I. The van der Waals surface area contributed by atoms with E-state index in [9.17, 15) is 0 Å². The molecule has 2 fully saturated rings. The normalized spacial score (nSPS) is 21.5. The lowest BCUT2D eigenvalue weighted by atomic mass is 10.2. The van der Waals surface area contributed by atoms with Gasteiger partial charge in [-0.25, -0.2) is 4.99 Å². The number of thioether (sulfide) groups is 1. The van der Waals surface area contributed by atoms with Crippen molar-refractivity contribution in [3.8, 4) is 0 Å². The lowest BCUT2D eigenvalue weighted by molar-refractivity contribution is 0.714. The average molecular weight is 436 g/mol. The van der Waals surface area contributed by atoms with Crippen LogP contribution in [-0.4, -0.2) is 44.3 Å². The zero-order chi connectivity index (χ0) is 14.7. The Labute approximate surface area is 153 Å². The zero-order valence-electron chi connectivity index (χ0n) is 13.2. The number of aromatic nitrogens is 3. The number of hydrogen-bond acceptors (Lipinski definition) is 4. The molecule has 8 heteroatoms. The molecule has 1 aliphatic heterocycles. The van der Waals surface area contributed by atoms with Crippen LogP contribution in [0.4, 0.5) is 0 Å². The van der Waals surface area contributed by atoms with E-state index in [4.69, 9.17) is 0 Å². The molecule has 1 aliphatic carbocycles. The molecule has 0 amide bonds. The molecule has 0 spiro atoms. The molecular formula is C14H25IN6S. The molecular weight excluding hydrogens is 411 g/mol. The van der Waals surface area contributed by atoms with Crippen LogP contribution >= 0.6 is 35.7 Å². The second kappa shape index (κ2) is 8.37. The van der Waals surface area contributed by atoms with E-state index in [1.54, 1.807) is 0 Å². The second-order valence-corrected chi connectivity index (χ2v) is 7.23. The maximum atomic E-state index is 4.67. The Hall–Kier alpha value is -0.510. The fourth-order valence-corrected chi connectivity index (χ4v) is 3.53. The summed E-state index contributed by atoms with van der Waals surface area (Å²) in [6.07, 6.45) is 5.17. The quantitative estimate of drug-likeness (QED) is 0.419. The van der Waals surface area contributed by atoms with E-state index in [1.807, 2.05) is 18.5 Å². The largest absolute Gasteiger partial charge is 0.355 e. The Morgan fingerprint density at radius 3 is 2.77 bits per heavy atom. The first-order chi connectivity index (χ1) is 10.2. The molecule has 1 saturated heterocycles. The minimum Gasteiger partial charge on any atom is -0.355 e. The number of guanidine groups is 1. The van der Waals surface area contributed by atoms with Crippen molar-refractivity contribution in [2.24, 2.45) is 12.0 Å². The van der Waals surface area contributed by atoms with Crippen LogP contribution in [0.2, 0.25) is 0 Å². The van der Waals surface area contributed by atoms with Crippen LogP contribution < -0.4 is 10.6 Å². The van der Waals surface area contributed by atoms with Gasteiger partial charge in [-0.15, -0.1) is 34.2 Å². The molecule has 1 aromatic rings. The van der Waals surface area contributed by atoms with Crippen LogP contribution in [0.25, 0.3) is 0 Å². The Kier molecular flexibility index (Phi) is 6.79. The summed E-state index contributed by atoms with van der Waals surface area (Å²) in [6.45, 7) is 3.53. The Bertz CT molecular complexity index is 507. The Morgan fingerprint density at radius 2 is 2.18 bits per heavy atom. The van der Waals surface area contributed by atoms with Crippen molar-refractivity contribution in [2.45, 2.75) is 50.4 Å². The lowest BCUT2D eigenvalue weighted by Crippen LogP contribution is -2.41. The minimum absolute atomic E-state index is 0. The van der Waals surface area contributed by atoms with Gasteiger partial charge in [0.2, 0.25) is 0 Å². The minimum atomic E-state index is 0. The van der Waals surface area contributed by atoms with Crippen molar-refractivity contribution < 1.29 is 0 Å². The predicted molar refractivity (Wildman–Crippen MR) is 102 cm³/mol. The molecule has 0 bridgehead atoms. The summed E-state index contributed by atoms with van der Waals surface area (Å²) in [5.41, 5.74) is 0. The summed E-state index contributed by atoms with van der Waals surface area (Å²) in [5, 5.41) is 15.9. The van der Waals surface area contributed by atoms with Crippen LogP contribution in [0.5, 0.6) is 0 Å². The topological polar surface area (TPSA) is 67.1 Å². The molecule has 2 heterocycles. The third kappa shape index (κ3) is 5.00. The van der Waals surface area contributed by atoms with E-state index in [0.717, 1.165) is 29.4 Å². The second-order valence-electron chi connectivity index (χ2n) is 5.82. The highest BCUT2D eigenvalue weighted by Gasteiger charge is 2.23. The smallest absolute Gasteiger partial charge is 0.191 e. The van der Waals surface area contributed by atoms with Crippen molar-refractivity contribution >= 4 is 41.7 Å². The molecule has 1 saturated carbocycles. The monoisotopic (exact) mass is 436 g/mol. The molecule has 1 atom stereocenters. The molecule has 124 valence electrons. The highest BCUT2D eigenvalue weighted by molar-refractivity contribution is 14.0. The van der Waals surface area contributed by atoms with Crippen LogP contribution in [-0.2, 0) is 13.6 Å². The predicted octanol–water partition coefficient (Wildman–Crippen LogP) is 1.83. The summed E-state index contributed by atoms with van der Waals surface area (Å²) in [7, 11) is 1.98. The van der Waals surface area contributed by atoms with E-state index < -0.39 is 0 Å². The van der Waals surface area contributed by atoms with Crippen molar-refractivity contribution in [2.75, 3.05) is 12.3 Å². The van der Waals surface area contributed by atoms with Gasteiger partial charge in [0.1, 0.15) is 12.4 Å². The van der Waals surface area contributed by atoms with Gasteiger partial charge in [-0.1, -0.05) is 0 Å². The summed E-state index contributed by atoms with van der Waals surface area (Å²) in [4.78, 5) is 4.67. The number of nitrogens with zero attached hydrogens (tertiary/aromatic N) is 4. The zero-order valence-corrected chi connectivity index (χ0v) is 16.4. The van der Waals surface area contributed by atoms with Gasteiger partial charge >= 0.3 is 0 Å². The first-order valence-corrected chi connectivity index (χ1v) is 8.78. The Balaban J connectivity index is 0.00000176. The van der Waals surface area contributed by atoms with Crippen molar-refractivity contribution in [1.82, 2.24) is 25.4 Å². The number of nitrogens with one attached hydrogen (secondary N) is 2. The molecule has 3 rings (SSSR count). The third-order valence-corrected chi connectivity index (χ3v) is 5.40. The van der Waals surface area contributed by atoms with Gasteiger partial charge in [-0.05, 0) is 38.4 Å². The van der Waals surface area contributed by atoms with Gasteiger partial charge in [0.05, 0.1) is 0 Å². The molecule has 2 aliphatic rings. The van der Waals surface area contributed by atoms with Gasteiger partial charge in [0, 0.05) is 24.9 Å². The van der Waals surface area contributed by atoms with Crippen LogP contribution in [0.15, 0.2) is 4.99 Å². The number of hydrogen-bond donors (Lipinski definition) is 2. The van der Waals surface area contributed by atoms with Gasteiger partial charge < -0.3 is 15.2 Å². The van der Waals surface area contributed by atoms with Crippen LogP contribution in [0.1, 0.15) is 37.3 Å². The summed E-state index contributed by atoms with van der Waals surface area (Å²) < 4.78 is 1.99. The van der Waals surface area contributed by atoms with Gasteiger partial charge in [0.25, 0.3) is 0 Å². The molecule has 0 aromatic carbocycles. The van der Waals surface area contributed by atoms with Gasteiger partial charge in [-0.3, -0.25) is 0 Å². The van der Waals surface area contributed by atoms with Gasteiger partial charge in [0.15, 0.2) is 11.8 Å². The van der Waals surface area contributed by atoms with Crippen molar-refractivity contribution in [1.29, 1.82) is 0 Å². The lowest BCUT2D eigenvalue weighted by Gasteiger charge is -2.15. The maximum absolute atomic E-state index is 4.67. The van der Waals surface area contributed by atoms with Crippen LogP contribution in [0, 0.1) is 6.92 Å². The number of rotatable bonds is 5. The molecule has 0 radical (unpaired) electrons. The standard InChI is InChI=1S/C14H24N6S.HI/c1-10-18-19-13(20(10)2)9-16-14(17-11-5-6-11)15-8-12-4-3-7-21-12;/h11-12H,3-9H2,1-2H3,(H2,15,16,17);1H. The molecule has 6 nitrogen and oxygen atoms in total. The highest BCUT2D eigenvalue weighted by Crippen LogP contribution is 2.25. The van der Waals surface area contributed by atoms with Crippen molar-refractivity contribution in [3.05, 3.63) is 11.6 Å². The summed E-state index contributed by atoms with van der Waals surface area (Å²) >= 11 is 2.07. The first-order valence-electron chi connectivity index (χ1n) is 7.73. The number of aryl methyl sites for hydroxylation is 1. The number of halogens is 1. The molecule has 1 aromatic heterocycles. The molecule has 1 unspecified atom stereocenters. The average Bonchev–Trinajstić information content (AvgIpc) is 3.03. The first kappa shape index (κ1) is 17.8. The van der Waals surface area contributed by atoms with Crippen molar-refractivity contribution in [3.63, 3.8) is 0 Å². The van der Waals surface area contributed by atoms with E-state index >= 15 is 0 Å². The molecule has 22 heavy (non-hydrogen) atoms. The van der Waals surface area contributed by atoms with Crippen LogP contribution in [0.3, 0.4) is 0 Å². The van der Waals surface area contributed by atoms with E-state index in [1.165, 1.54) is 31.4 Å².